The fourth-order valence-electron chi connectivity index (χ4n) is 8.31. The van der Waals surface area contributed by atoms with Crippen molar-refractivity contribution in [3.8, 4) is 0 Å². The Bertz CT molecular complexity index is 1650. The monoisotopic (exact) mass is 828 g/mol. The molecule has 1 aromatic heterocycles. The maximum absolute atomic E-state index is 14.3. The summed E-state index contributed by atoms with van der Waals surface area (Å²) in [4.78, 5) is 77.3. The predicted octanol–water partition coefficient (Wildman–Crippen LogP) is 4.89. The summed E-state index contributed by atoms with van der Waals surface area (Å²) >= 11 is 1.18. The molecule has 14 nitrogen and oxygen atoms in total. The van der Waals surface area contributed by atoms with Crippen molar-refractivity contribution < 1.29 is 38.6 Å². The lowest BCUT2D eigenvalue weighted by atomic mass is 9.89. The second-order valence-corrected chi connectivity index (χ2v) is 17.5. The summed E-state index contributed by atoms with van der Waals surface area (Å²) in [5.74, 6) is -2.94. The van der Waals surface area contributed by atoms with Crippen LogP contribution in [0.4, 0.5) is 0 Å². The number of carbonyl (C=O) groups excluding carboxylic acids is 4. The van der Waals surface area contributed by atoms with Crippen molar-refractivity contribution in [3.63, 3.8) is 0 Å². The van der Waals surface area contributed by atoms with E-state index in [0.717, 1.165) is 18.4 Å². The van der Waals surface area contributed by atoms with Crippen molar-refractivity contribution >= 4 is 40.9 Å². The lowest BCUT2D eigenvalue weighted by Crippen LogP contribution is -2.59. The van der Waals surface area contributed by atoms with E-state index >= 15 is 0 Å². The molecule has 1 aromatic carbocycles. The first-order chi connectivity index (χ1) is 27.4. The molecule has 324 valence electrons. The molecule has 4 amide bonds. The van der Waals surface area contributed by atoms with Gasteiger partial charge in [-0.15, -0.1) is 11.3 Å². The number of thiazole rings is 1. The van der Waals surface area contributed by atoms with Crippen molar-refractivity contribution in [2.45, 2.75) is 123 Å². The normalized spacial score (nSPS) is 18.6. The van der Waals surface area contributed by atoms with E-state index in [9.17, 15) is 29.1 Å². The summed E-state index contributed by atoms with van der Waals surface area (Å²) in [5.41, 5.74) is 0.870. The zero-order valence-corrected chi connectivity index (χ0v) is 37.4. The molecule has 15 heteroatoms. The molecule has 8 unspecified atom stereocenters. The van der Waals surface area contributed by atoms with E-state index in [1.807, 2.05) is 90.9 Å². The minimum atomic E-state index is -1.14. The molecule has 0 saturated carbocycles. The molecule has 2 heterocycles. The molecule has 2 aromatic rings. The quantitative estimate of drug-likeness (QED) is 0.149. The number of ether oxygens (including phenoxy) is 2. The van der Waals surface area contributed by atoms with Crippen molar-refractivity contribution in [3.05, 3.63) is 52.0 Å². The van der Waals surface area contributed by atoms with Gasteiger partial charge in [0.2, 0.25) is 23.6 Å². The van der Waals surface area contributed by atoms with Crippen LogP contribution in [0.15, 0.2) is 35.7 Å². The van der Waals surface area contributed by atoms with Gasteiger partial charge in [-0.25, -0.2) is 9.78 Å². The van der Waals surface area contributed by atoms with E-state index in [2.05, 4.69) is 15.6 Å². The number of benzene rings is 1. The van der Waals surface area contributed by atoms with Gasteiger partial charge >= 0.3 is 5.97 Å². The number of likely N-dealkylation sites (N-methyl/N-ethyl adjacent to an activating group) is 2. The lowest BCUT2D eigenvalue weighted by Gasteiger charge is -2.41. The average Bonchev–Trinajstić information content (AvgIpc) is 3.87. The highest BCUT2D eigenvalue weighted by atomic mass is 32.1. The topological polar surface area (TPSA) is 171 Å². The standard InChI is InChI=1S/C43H68N6O8S/c1-13-27(6)37(48(10)42(53)35(25(2)3)46-40(52)36(26(4)5)47(8)9)33(56-11)23-34(50)49-21-17-20-32(49)38(57-12)28(7)39(51)44-30(22-29-18-15-14-16-19-29)41-45-31(24-58-41)43(54)55/h14-16,18-19,24-28,30,32-33,35-38H,13,17,20-23H2,1-12H3,(H,44,51)(H,46,52)(H,54,55)/t27?,28?,30?,32-,33?,35?,36?,37?,38?/m0/s1. The lowest BCUT2D eigenvalue weighted by molar-refractivity contribution is -0.148. The molecule has 0 aliphatic carbocycles. The second-order valence-electron chi connectivity index (χ2n) is 16.6. The van der Waals surface area contributed by atoms with Crippen LogP contribution in [-0.2, 0) is 35.1 Å². The molecular weight excluding hydrogens is 761 g/mol. The van der Waals surface area contributed by atoms with E-state index in [-0.39, 0.29) is 53.5 Å². The third kappa shape index (κ3) is 12.3. The summed E-state index contributed by atoms with van der Waals surface area (Å²) < 4.78 is 12.0. The summed E-state index contributed by atoms with van der Waals surface area (Å²) in [6.45, 7) is 14.1. The highest BCUT2D eigenvalue weighted by Crippen LogP contribution is 2.31. The van der Waals surface area contributed by atoms with E-state index < -0.39 is 54.3 Å². The number of likely N-dealkylation sites (tertiary alicyclic amines) is 1. The van der Waals surface area contributed by atoms with Gasteiger partial charge in [-0.1, -0.05) is 85.2 Å². The molecule has 0 spiro atoms. The first kappa shape index (κ1) is 48.4. The number of carboxylic acid groups (broad SMARTS) is 1. The number of methoxy groups -OCH3 is 2. The van der Waals surface area contributed by atoms with Crippen molar-refractivity contribution in [2.75, 3.05) is 41.9 Å². The molecule has 3 rings (SSSR count). The number of aromatic nitrogens is 1. The number of carboxylic acids is 1. The molecular formula is C43H68N6O8S. The average molecular weight is 829 g/mol. The Kier molecular flexibility index (Phi) is 18.8. The van der Waals surface area contributed by atoms with Crippen LogP contribution in [0, 0.1) is 23.7 Å². The van der Waals surface area contributed by atoms with Gasteiger partial charge in [0.25, 0.3) is 0 Å². The molecule has 58 heavy (non-hydrogen) atoms. The maximum atomic E-state index is 14.3. The summed E-state index contributed by atoms with van der Waals surface area (Å²) in [7, 11) is 8.52. The summed E-state index contributed by atoms with van der Waals surface area (Å²) in [6.07, 6.45) is 1.19. The van der Waals surface area contributed by atoms with Crippen LogP contribution in [0.3, 0.4) is 0 Å². The summed E-state index contributed by atoms with van der Waals surface area (Å²) in [5, 5.41) is 17.6. The zero-order valence-electron chi connectivity index (χ0n) is 36.6. The number of rotatable bonds is 22. The third-order valence-electron chi connectivity index (χ3n) is 11.6. The largest absolute Gasteiger partial charge is 0.476 e. The van der Waals surface area contributed by atoms with Crippen LogP contribution in [0.1, 0.15) is 101 Å². The number of nitrogens with one attached hydrogen (secondary N) is 2. The fraction of sp³-hybridized carbons (Fsp3) is 0.674. The van der Waals surface area contributed by atoms with Crippen LogP contribution in [0.2, 0.25) is 0 Å². The van der Waals surface area contributed by atoms with E-state index in [1.165, 1.54) is 16.7 Å². The number of hydrogen-bond acceptors (Lipinski definition) is 10. The fourth-order valence-corrected chi connectivity index (χ4v) is 9.15. The minimum Gasteiger partial charge on any atom is -0.476 e. The van der Waals surface area contributed by atoms with Gasteiger partial charge in [-0.3, -0.25) is 24.1 Å². The molecule has 1 saturated heterocycles. The van der Waals surface area contributed by atoms with Gasteiger partial charge < -0.3 is 35.0 Å². The SMILES string of the molecule is CCC(C)C(C(CC(=O)N1CCC[C@H]1C(OC)C(C)C(=O)NC(Cc1ccccc1)c1nc(C(=O)O)cs1)OC)N(C)C(=O)C(NC(=O)C(C(C)C)N(C)C)C(C)C. The number of nitrogens with zero attached hydrogens (tertiary/aromatic N) is 4. The number of amides is 4. The Morgan fingerprint density at radius 1 is 0.948 bits per heavy atom. The van der Waals surface area contributed by atoms with Crippen LogP contribution in [0.5, 0.6) is 0 Å². The number of carbonyl (C=O) groups is 5. The van der Waals surface area contributed by atoms with E-state index in [4.69, 9.17) is 9.47 Å². The highest BCUT2D eigenvalue weighted by molar-refractivity contribution is 7.09. The first-order valence-electron chi connectivity index (χ1n) is 20.5. The van der Waals surface area contributed by atoms with E-state index in [0.29, 0.717) is 24.4 Å². The van der Waals surface area contributed by atoms with Crippen molar-refractivity contribution in [1.29, 1.82) is 0 Å². The van der Waals surface area contributed by atoms with Gasteiger partial charge in [0.1, 0.15) is 11.0 Å². The van der Waals surface area contributed by atoms with Gasteiger partial charge in [-0.2, -0.15) is 0 Å². The Labute approximate surface area is 349 Å². The van der Waals surface area contributed by atoms with E-state index in [1.54, 1.807) is 38.0 Å². The minimum absolute atomic E-state index is 0.000499. The van der Waals surface area contributed by atoms with Gasteiger partial charge in [0, 0.05) is 33.2 Å². The Balaban J connectivity index is 1.82. The molecule has 9 atom stereocenters. The molecule has 3 N–H and O–H groups in total. The molecule has 0 bridgehead atoms. The highest BCUT2D eigenvalue weighted by Gasteiger charge is 2.43. The Hall–Kier alpha value is -3.92. The van der Waals surface area contributed by atoms with Gasteiger partial charge in [-0.05, 0) is 56.7 Å². The third-order valence-corrected chi connectivity index (χ3v) is 12.5. The second kappa shape index (κ2) is 22.5. The van der Waals surface area contributed by atoms with Crippen LogP contribution < -0.4 is 10.6 Å². The van der Waals surface area contributed by atoms with Gasteiger partial charge in [0.15, 0.2) is 5.69 Å². The number of aromatic carboxylic acids is 1. The van der Waals surface area contributed by atoms with Crippen LogP contribution >= 0.6 is 11.3 Å². The molecule has 0 radical (unpaired) electrons. The van der Waals surface area contributed by atoms with Crippen LogP contribution in [-0.4, -0.2) is 133 Å². The Morgan fingerprint density at radius 2 is 1.60 bits per heavy atom. The van der Waals surface area contributed by atoms with Gasteiger partial charge in [0.05, 0.1) is 48.7 Å². The molecule has 1 aliphatic rings. The maximum Gasteiger partial charge on any atom is 0.355 e. The molecule has 1 aliphatic heterocycles. The zero-order chi connectivity index (χ0) is 43.4. The smallest absolute Gasteiger partial charge is 0.355 e. The summed E-state index contributed by atoms with van der Waals surface area (Å²) in [6, 6.07) is 6.95. The Morgan fingerprint density at radius 3 is 2.12 bits per heavy atom. The van der Waals surface area contributed by atoms with Crippen molar-refractivity contribution in [2.24, 2.45) is 23.7 Å². The first-order valence-corrected chi connectivity index (χ1v) is 21.4. The van der Waals surface area contributed by atoms with Crippen molar-refractivity contribution in [1.82, 2.24) is 30.3 Å². The number of hydrogen-bond donors (Lipinski definition) is 3. The molecule has 1 fully saturated rings. The predicted molar refractivity (Wildman–Crippen MR) is 225 cm³/mol. The van der Waals surface area contributed by atoms with Crippen LogP contribution in [0.25, 0.3) is 0 Å².